The van der Waals surface area contributed by atoms with Gasteiger partial charge in [0, 0.05) is 39.9 Å². The maximum atomic E-state index is 13.1. The molecule has 2 amide bonds. The molecule has 0 radical (unpaired) electrons. The van der Waals surface area contributed by atoms with E-state index in [9.17, 15) is 19.5 Å². The van der Waals surface area contributed by atoms with Crippen LogP contribution in [0.4, 0.5) is 10.8 Å². The Kier molecular flexibility index (Phi) is 6.43. The van der Waals surface area contributed by atoms with Crippen LogP contribution in [0.25, 0.3) is 10.9 Å². The van der Waals surface area contributed by atoms with Gasteiger partial charge < -0.3 is 31.5 Å². The van der Waals surface area contributed by atoms with Crippen molar-refractivity contribution in [1.82, 2.24) is 15.2 Å². The van der Waals surface area contributed by atoms with Crippen LogP contribution in [0.1, 0.15) is 5.69 Å². The van der Waals surface area contributed by atoms with Crippen LogP contribution >= 0.6 is 23.1 Å². The molecule has 0 aliphatic carbocycles. The third-order valence-electron chi connectivity index (χ3n) is 5.96. The number of thiazole rings is 1. The molecule has 0 spiro atoms. The van der Waals surface area contributed by atoms with Crippen LogP contribution in [0.3, 0.4) is 0 Å². The number of benzene rings is 1. The molecule has 190 valence electrons. The lowest BCUT2D eigenvalue weighted by Crippen LogP contribution is -2.71. The molecule has 12 nitrogen and oxygen atoms in total. The minimum atomic E-state index is -1.46. The minimum Gasteiger partial charge on any atom is -0.543 e. The highest BCUT2D eigenvalue weighted by molar-refractivity contribution is 8.00. The number of rotatable bonds is 7. The number of fused-ring (bicyclic) bond motifs is 2. The van der Waals surface area contributed by atoms with Crippen molar-refractivity contribution < 1.29 is 28.9 Å². The topological polar surface area (TPSA) is 180 Å². The van der Waals surface area contributed by atoms with Crippen molar-refractivity contribution in [2.45, 2.75) is 18.0 Å². The Morgan fingerprint density at radius 1 is 1.35 bits per heavy atom. The Hall–Kier alpha value is -4.17. The van der Waals surface area contributed by atoms with E-state index < -0.39 is 29.2 Å². The van der Waals surface area contributed by atoms with Crippen LogP contribution in [-0.2, 0) is 25.8 Å². The lowest BCUT2D eigenvalue weighted by Gasteiger charge is -2.50. The zero-order valence-corrected chi connectivity index (χ0v) is 21.0. The second kappa shape index (κ2) is 9.71. The number of β-lactam (4-membered cyclic amide) rings is 1. The predicted octanol–water partition coefficient (Wildman–Crippen LogP) is -0.797. The van der Waals surface area contributed by atoms with Gasteiger partial charge in [-0.15, -0.1) is 23.1 Å². The summed E-state index contributed by atoms with van der Waals surface area (Å²) in [5, 5.41) is 20.6. The molecule has 2 aromatic heterocycles. The van der Waals surface area contributed by atoms with E-state index >= 15 is 0 Å². The molecule has 1 unspecified atom stereocenters. The van der Waals surface area contributed by atoms with Crippen molar-refractivity contribution in [3.05, 3.63) is 58.9 Å². The summed E-state index contributed by atoms with van der Waals surface area (Å²) in [4.78, 5) is 48.1. The number of carboxylic acid groups (broad SMARTS) is 1. The number of nitrogen functional groups attached to an aromatic ring is 2. The smallest absolute Gasteiger partial charge is 0.276 e. The number of anilines is 2. The van der Waals surface area contributed by atoms with Crippen molar-refractivity contribution in [2.75, 3.05) is 24.3 Å². The molecule has 5 N–H and O–H groups in total. The van der Waals surface area contributed by atoms with Crippen LogP contribution in [0, 0.1) is 0 Å². The fourth-order valence-electron chi connectivity index (χ4n) is 4.32. The number of pyridine rings is 1. The lowest BCUT2D eigenvalue weighted by atomic mass is 10.0. The van der Waals surface area contributed by atoms with Crippen molar-refractivity contribution in [3.8, 4) is 0 Å². The van der Waals surface area contributed by atoms with Gasteiger partial charge >= 0.3 is 0 Å². The van der Waals surface area contributed by atoms with Crippen molar-refractivity contribution in [2.24, 2.45) is 5.16 Å². The Bertz CT molecular complexity index is 1500. The SMILES string of the molecule is CO/N=C(\C(=O)NC1C(=O)N2C(C(=O)[O-])=C(C[n+]3cccc4ccc(N)cc43)CS[C@H]12)c1csc(N)n1. The van der Waals surface area contributed by atoms with E-state index in [4.69, 9.17) is 16.3 Å². The summed E-state index contributed by atoms with van der Waals surface area (Å²) >= 11 is 2.47. The van der Waals surface area contributed by atoms with Crippen molar-refractivity contribution in [1.29, 1.82) is 0 Å². The summed E-state index contributed by atoms with van der Waals surface area (Å²) in [6, 6.07) is 8.30. The third kappa shape index (κ3) is 4.44. The summed E-state index contributed by atoms with van der Waals surface area (Å²) < 4.78 is 1.88. The largest absolute Gasteiger partial charge is 0.543 e. The zero-order chi connectivity index (χ0) is 26.3. The zero-order valence-electron chi connectivity index (χ0n) is 19.4. The molecule has 2 aliphatic rings. The summed E-state index contributed by atoms with van der Waals surface area (Å²) in [7, 11) is 1.27. The second-order valence-electron chi connectivity index (χ2n) is 8.25. The number of carboxylic acids is 1. The van der Waals surface area contributed by atoms with E-state index in [0.717, 1.165) is 27.1 Å². The van der Waals surface area contributed by atoms with Crippen LogP contribution in [0.15, 0.2) is 58.3 Å². The van der Waals surface area contributed by atoms with Crippen LogP contribution in [0.5, 0.6) is 0 Å². The summed E-state index contributed by atoms with van der Waals surface area (Å²) in [5.41, 5.74) is 13.4. The summed E-state index contributed by atoms with van der Waals surface area (Å²) in [5.74, 6) is -2.40. The first-order chi connectivity index (χ1) is 17.8. The van der Waals surface area contributed by atoms with E-state index in [1.54, 1.807) is 11.4 Å². The molecule has 0 saturated carbocycles. The number of thioether (sulfide) groups is 1. The average molecular weight is 540 g/mol. The third-order valence-corrected chi connectivity index (χ3v) is 7.97. The Labute approximate surface area is 218 Å². The highest BCUT2D eigenvalue weighted by Crippen LogP contribution is 2.40. The van der Waals surface area contributed by atoms with Gasteiger partial charge in [0.15, 0.2) is 23.6 Å². The molecule has 37 heavy (non-hydrogen) atoms. The van der Waals surface area contributed by atoms with Crippen molar-refractivity contribution >= 4 is 68.3 Å². The van der Waals surface area contributed by atoms with Crippen LogP contribution in [0.2, 0.25) is 0 Å². The fourth-order valence-corrected chi connectivity index (χ4v) is 6.20. The first-order valence-corrected chi connectivity index (χ1v) is 12.9. The lowest BCUT2D eigenvalue weighted by molar-refractivity contribution is -0.663. The molecule has 5 rings (SSSR count). The number of nitrogens with two attached hydrogens (primary N) is 2. The highest BCUT2D eigenvalue weighted by atomic mass is 32.2. The molecular weight excluding hydrogens is 518 g/mol. The molecule has 2 atom stereocenters. The Morgan fingerprint density at radius 3 is 2.86 bits per heavy atom. The maximum Gasteiger partial charge on any atom is 0.276 e. The second-order valence-corrected chi connectivity index (χ2v) is 10.2. The predicted molar refractivity (Wildman–Crippen MR) is 136 cm³/mol. The first kappa shape index (κ1) is 24.5. The highest BCUT2D eigenvalue weighted by Gasteiger charge is 2.53. The van der Waals surface area contributed by atoms with Gasteiger partial charge in [-0.3, -0.25) is 14.5 Å². The number of amides is 2. The monoisotopic (exact) mass is 539 g/mol. The molecule has 0 bridgehead atoms. The quantitative estimate of drug-likeness (QED) is 0.114. The van der Waals surface area contributed by atoms with E-state index in [2.05, 4.69) is 15.5 Å². The van der Waals surface area contributed by atoms with Gasteiger partial charge in [0.1, 0.15) is 24.2 Å². The maximum absolute atomic E-state index is 13.1. The molecule has 4 heterocycles. The van der Waals surface area contributed by atoms with Gasteiger partial charge in [-0.2, -0.15) is 4.57 Å². The number of nitrogens with zero attached hydrogens (tertiary/aromatic N) is 4. The number of hydrogen-bond donors (Lipinski definition) is 3. The molecule has 1 saturated heterocycles. The Balaban J connectivity index is 1.39. The van der Waals surface area contributed by atoms with Gasteiger partial charge in [-0.05, 0) is 18.2 Å². The minimum absolute atomic E-state index is 0.148. The van der Waals surface area contributed by atoms with E-state index in [0.29, 0.717) is 17.0 Å². The first-order valence-electron chi connectivity index (χ1n) is 11.0. The molecule has 1 aromatic carbocycles. The fraction of sp³-hybridized carbons (Fsp3) is 0.217. The van der Waals surface area contributed by atoms with Gasteiger partial charge in [0.2, 0.25) is 5.52 Å². The van der Waals surface area contributed by atoms with Gasteiger partial charge in [-0.25, -0.2) is 4.98 Å². The molecule has 2 aliphatic heterocycles. The number of aliphatic carboxylic acids is 1. The van der Waals surface area contributed by atoms with E-state index in [1.165, 1.54) is 18.9 Å². The van der Waals surface area contributed by atoms with Crippen LogP contribution < -0.4 is 26.5 Å². The summed E-state index contributed by atoms with van der Waals surface area (Å²) in [6.45, 7) is 0.223. The molecular formula is C23H21N7O5S2. The van der Waals surface area contributed by atoms with Gasteiger partial charge in [0.05, 0.1) is 11.7 Å². The number of carbonyl (C=O) groups is 3. The molecule has 14 heteroatoms. The number of carbonyl (C=O) groups excluding carboxylic acids is 3. The number of nitrogens with one attached hydrogen (secondary N) is 1. The Morgan fingerprint density at radius 2 is 2.16 bits per heavy atom. The number of hydrogen-bond acceptors (Lipinski definition) is 11. The molecule has 3 aromatic rings. The number of aromatic nitrogens is 2. The van der Waals surface area contributed by atoms with Crippen molar-refractivity contribution in [3.63, 3.8) is 0 Å². The normalized spacial score (nSPS) is 19.4. The number of oxime groups is 1. The average Bonchev–Trinajstić information content (AvgIpc) is 3.31. The summed E-state index contributed by atoms with van der Waals surface area (Å²) in [6.07, 6.45) is 1.82. The molecule has 1 fully saturated rings. The standard InChI is InChI=1S/C23H21N7O5S2/c1-35-28-16(14-10-37-23(25)26-14)19(31)27-17-20(32)30-18(22(33)34)12(9-36-21(17)30)8-29-6-2-3-11-4-5-13(24)7-15(11)29/h2-7,10,17,21,24H,8-9H2,1H3,(H4,25,26,27,31,33,34)/b28-16-/t17?,21-/m1/s1. The van der Waals surface area contributed by atoms with E-state index in [1.807, 2.05) is 35.0 Å². The van der Waals surface area contributed by atoms with Gasteiger partial charge in [-0.1, -0.05) is 5.16 Å². The van der Waals surface area contributed by atoms with Crippen LogP contribution in [-0.4, -0.2) is 57.7 Å². The van der Waals surface area contributed by atoms with Gasteiger partial charge in [0.25, 0.3) is 11.8 Å². The van der Waals surface area contributed by atoms with E-state index in [-0.39, 0.29) is 28.8 Å².